The Morgan fingerprint density at radius 2 is 1.50 bits per heavy atom. The van der Waals surface area contributed by atoms with Crippen LogP contribution in [0.2, 0.25) is 0 Å². The van der Waals surface area contributed by atoms with Gasteiger partial charge in [0.1, 0.15) is 0 Å². The van der Waals surface area contributed by atoms with E-state index in [2.05, 4.69) is 65.6 Å². The smallest absolute Gasteiger partial charge is 0.173 e. The Kier molecular flexibility index (Phi) is 7.51. The lowest BCUT2D eigenvalue weighted by Gasteiger charge is -2.07. The second-order valence-electron chi connectivity index (χ2n) is 5.94. The average Bonchev–Trinajstić information content (AvgIpc) is 2.56. The molecule has 22 heavy (non-hydrogen) atoms. The second-order valence-corrected chi connectivity index (χ2v) is 5.94. The molecule has 118 valence electrons. The first-order valence-electron chi connectivity index (χ1n) is 8.65. The van der Waals surface area contributed by atoms with Crippen molar-refractivity contribution in [1.82, 2.24) is 0 Å². The van der Waals surface area contributed by atoms with Gasteiger partial charge in [0, 0.05) is 29.9 Å². The summed E-state index contributed by atoms with van der Waals surface area (Å²) < 4.78 is 2.19. The molecule has 2 rings (SSSR count). The average molecular weight is 297 g/mol. The molecule has 0 aliphatic rings. The van der Waals surface area contributed by atoms with Crippen molar-refractivity contribution in [1.29, 1.82) is 0 Å². The zero-order valence-electron chi connectivity index (χ0n) is 13.8. The standard InChI is InChI=1S/C20H29N2/c1-2-3-4-5-6-8-15-21-20-13-11-19(12-14-20)18-22-16-9-7-10-17-22/h7,9-14,16-17,21H,2-6,8,15,18H2,1H3/q+1. The molecule has 0 amide bonds. The Bertz CT molecular complexity index is 505. The van der Waals surface area contributed by atoms with Crippen molar-refractivity contribution in [3.8, 4) is 0 Å². The fraction of sp³-hybridized carbons (Fsp3) is 0.450. The van der Waals surface area contributed by atoms with E-state index in [0.717, 1.165) is 13.1 Å². The molecule has 0 bridgehead atoms. The zero-order chi connectivity index (χ0) is 15.5. The normalized spacial score (nSPS) is 10.6. The number of nitrogens with one attached hydrogen (secondary N) is 1. The highest BCUT2D eigenvalue weighted by Gasteiger charge is 2.01. The van der Waals surface area contributed by atoms with Crippen molar-refractivity contribution < 1.29 is 4.57 Å². The SMILES string of the molecule is CCCCCCCCNc1ccc(C[n+]2ccccc2)cc1. The van der Waals surface area contributed by atoms with Gasteiger partial charge in [0.05, 0.1) is 0 Å². The Morgan fingerprint density at radius 3 is 2.23 bits per heavy atom. The highest BCUT2D eigenvalue weighted by Crippen LogP contribution is 2.10. The number of hydrogen-bond donors (Lipinski definition) is 1. The highest BCUT2D eigenvalue weighted by molar-refractivity contribution is 5.44. The molecule has 0 fully saturated rings. The van der Waals surface area contributed by atoms with Crippen LogP contribution in [0.4, 0.5) is 5.69 Å². The van der Waals surface area contributed by atoms with Crippen LogP contribution in [-0.2, 0) is 6.54 Å². The lowest BCUT2D eigenvalue weighted by atomic mass is 10.1. The minimum atomic E-state index is 0.929. The van der Waals surface area contributed by atoms with E-state index in [9.17, 15) is 0 Å². The number of rotatable bonds is 10. The van der Waals surface area contributed by atoms with Gasteiger partial charge >= 0.3 is 0 Å². The van der Waals surface area contributed by atoms with Gasteiger partial charge in [-0.05, 0) is 18.6 Å². The molecular weight excluding hydrogens is 268 g/mol. The number of pyridine rings is 1. The molecule has 2 aromatic rings. The molecule has 0 atom stereocenters. The number of unbranched alkanes of at least 4 members (excludes halogenated alkanes) is 5. The third-order valence-corrected chi connectivity index (χ3v) is 3.96. The summed E-state index contributed by atoms with van der Waals surface area (Å²) in [6, 6.07) is 15.0. The highest BCUT2D eigenvalue weighted by atomic mass is 14.9. The Morgan fingerprint density at radius 1 is 0.818 bits per heavy atom. The van der Waals surface area contributed by atoms with Crippen LogP contribution in [0, 0.1) is 0 Å². The van der Waals surface area contributed by atoms with E-state index < -0.39 is 0 Å². The van der Waals surface area contributed by atoms with E-state index in [4.69, 9.17) is 0 Å². The molecule has 1 heterocycles. The van der Waals surface area contributed by atoms with Crippen LogP contribution in [0.5, 0.6) is 0 Å². The maximum Gasteiger partial charge on any atom is 0.173 e. The molecule has 2 heteroatoms. The molecule has 0 aliphatic heterocycles. The van der Waals surface area contributed by atoms with Gasteiger partial charge in [0.25, 0.3) is 0 Å². The number of benzene rings is 1. The van der Waals surface area contributed by atoms with Gasteiger partial charge in [-0.15, -0.1) is 0 Å². The molecule has 1 N–H and O–H groups in total. The van der Waals surface area contributed by atoms with Crippen molar-refractivity contribution in [3.63, 3.8) is 0 Å². The zero-order valence-corrected chi connectivity index (χ0v) is 13.8. The minimum absolute atomic E-state index is 0.929. The second kappa shape index (κ2) is 9.99. The van der Waals surface area contributed by atoms with Crippen LogP contribution >= 0.6 is 0 Å². The van der Waals surface area contributed by atoms with Gasteiger partial charge in [0.15, 0.2) is 18.9 Å². The predicted molar refractivity (Wildman–Crippen MR) is 94.0 cm³/mol. The van der Waals surface area contributed by atoms with E-state index in [1.54, 1.807) is 0 Å². The summed E-state index contributed by atoms with van der Waals surface area (Å²) in [6.07, 6.45) is 12.3. The first kappa shape index (κ1) is 16.5. The quantitative estimate of drug-likeness (QED) is 0.492. The molecule has 1 aromatic carbocycles. The van der Waals surface area contributed by atoms with Crippen molar-refractivity contribution in [2.45, 2.75) is 52.0 Å². The Hall–Kier alpha value is -1.83. The first-order valence-corrected chi connectivity index (χ1v) is 8.65. The summed E-state index contributed by atoms with van der Waals surface area (Å²) in [5.74, 6) is 0. The van der Waals surface area contributed by atoms with Gasteiger partial charge in [-0.2, -0.15) is 0 Å². The van der Waals surface area contributed by atoms with E-state index in [1.807, 2.05) is 6.07 Å². The largest absolute Gasteiger partial charge is 0.385 e. The molecule has 0 unspecified atom stereocenters. The van der Waals surface area contributed by atoms with E-state index in [0.29, 0.717) is 0 Å². The molecule has 2 nitrogen and oxygen atoms in total. The first-order chi connectivity index (χ1) is 10.9. The van der Waals surface area contributed by atoms with Gasteiger partial charge in [-0.25, -0.2) is 4.57 Å². The van der Waals surface area contributed by atoms with Crippen molar-refractivity contribution in [2.75, 3.05) is 11.9 Å². The monoisotopic (exact) mass is 297 g/mol. The maximum absolute atomic E-state index is 3.52. The lowest BCUT2D eigenvalue weighted by Crippen LogP contribution is -2.32. The van der Waals surface area contributed by atoms with Crippen molar-refractivity contribution in [2.24, 2.45) is 0 Å². The third-order valence-electron chi connectivity index (χ3n) is 3.96. The number of anilines is 1. The summed E-state index contributed by atoms with van der Waals surface area (Å²) in [7, 11) is 0. The molecular formula is C20H29N2+. The van der Waals surface area contributed by atoms with Crippen LogP contribution in [0.15, 0.2) is 54.9 Å². The van der Waals surface area contributed by atoms with Crippen LogP contribution in [-0.4, -0.2) is 6.54 Å². The Labute approximate surface area is 135 Å². The molecule has 1 aromatic heterocycles. The summed E-state index contributed by atoms with van der Waals surface area (Å²) in [4.78, 5) is 0. The van der Waals surface area contributed by atoms with Gasteiger partial charge in [-0.3, -0.25) is 0 Å². The lowest BCUT2D eigenvalue weighted by molar-refractivity contribution is -0.688. The molecule has 0 spiro atoms. The number of nitrogens with zero attached hydrogens (tertiary/aromatic N) is 1. The van der Waals surface area contributed by atoms with Crippen LogP contribution < -0.4 is 9.88 Å². The Balaban J connectivity index is 1.66. The summed E-state index contributed by atoms with van der Waals surface area (Å²) >= 11 is 0. The third kappa shape index (κ3) is 6.30. The van der Waals surface area contributed by atoms with Crippen LogP contribution in [0.3, 0.4) is 0 Å². The van der Waals surface area contributed by atoms with Crippen molar-refractivity contribution in [3.05, 3.63) is 60.4 Å². The van der Waals surface area contributed by atoms with Crippen LogP contribution in [0.1, 0.15) is 51.0 Å². The summed E-state index contributed by atoms with van der Waals surface area (Å²) in [5.41, 5.74) is 2.57. The van der Waals surface area contributed by atoms with E-state index >= 15 is 0 Å². The summed E-state index contributed by atoms with van der Waals surface area (Å²) in [6.45, 7) is 4.28. The molecule has 0 radical (unpaired) electrons. The fourth-order valence-corrected chi connectivity index (χ4v) is 2.62. The predicted octanol–water partition coefficient (Wildman–Crippen LogP) is 4.79. The van der Waals surface area contributed by atoms with Crippen molar-refractivity contribution >= 4 is 5.69 Å². The summed E-state index contributed by atoms with van der Waals surface area (Å²) in [5, 5.41) is 3.52. The number of hydrogen-bond acceptors (Lipinski definition) is 1. The topological polar surface area (TPSA) is 15.9 Å². The van der Waals surface area contributed by atoms with E-state index in [1.165, 1.54) is 49.8 Å². The van der Waals surface area contributed by atoms with Gasteiger partial charge < -0.3 is 5.32 Å². The molecule has 0 saturated carbocycles. The maximum atomic E-state index is 3.52. The molecule has 0 saturated heterocycles. The van der Waals surface area contributed by atoms with Gasteiger partial charge in [0.2, 0.25) is 0 Å². The number of aromatic nitrogens is 1. The molecule has 0 aliphatic carbocycles. The fourth-order valence-electron chi connectivity index (χ4n) is 2.62. The van der Waals surface area contributed by atoms with Gasteiger partial charge in [-0.1, -0.05) is 57.2 Å². The minimum Gasteiger partial charge on any atom is -0.385 e. The van der Waals surface area contributed by atoms with Crippen LogP contribution in [0.25, 0.3) is 0 Å². The van der Waals surface area contributed by atoms with E-state index in [-0.39, 0.29) is 0 Å².